The second-order valence-corrected chi connectivity index (χ2v) is 4.88. The third kappa shape index (κ3) is 2.00. The monoisotopic (exact) mass is 256 g/mol. The highest BCUT2D eigenvalue weighted by Gasteiger charge is 2.20. The van der Waals surface area contributed by atoms with E-state index in [1.807, 2.05) is 42.5 Å². The van der Waals surface area contributed by atoms with Gasteiger partial charge >= 0.3 is 0 Å². The third-order valence-corrected chi connectivity index (χ3v) is 3.51. The zero-order valence-electron chi connectivity index (χ0n) is 9.81. The van der Waals surface area contributed by atoms with Crippen molar-refractivity contribution in [1.29, 1.82) is 0 Å². The van der Waals surface area contributed by atoms with Crippen molar-refractivity contribution in [3.63, 3.8) is 0 Å². The first-order valence-corrected chi connectivity index (χ1v) is 6.29. The molecule has 18 heavy (non-hydrogen) atoms. The molecule has 0 bridgehead atoms. The summed E-state index contributed by atoms with van der Waals surface area (Å²) in [4.78, 5) is 4.57. The van der Waals surface area contributed by atoms with Crippen LogP contribution in [0.1, 0.15) is 22.7 Å². The van der Waals surface area contributed by atoms with E-state index in [0.29, 0.717) is 5.84 Å². The minimum Gasteiger partial charge on any atom is -0.383 e. The fourth-order valence-corrected chi connectivity index (χ4v) is 2.44. The van der Waals surface area contributed by atoms with Crippen LogP contribution in [0.2, 0.25) is 5.02 Å². The van der Waals surface area contributed by atoms with E-state index < -0.39 is 0 Å². The van der Waals surface area contributed by atoms with Gasteiger partial charge in [0.25, 0.3) is 0 Å². The van der Waals surface area contributed by atoms with Crippen LogP contribution in [-0.4, -0.2) is 5.84 Å². The standard InChI is InChI=1S/C15H13ClN2/c16-12-7-5-10(6-8-12)14-9-11-3-1-2-4-13(11)15(17)18-14/h1-8,14H,9H2,(H2,17,18). The summed E-state index contributed by atoms with van der Waals surface area (Å²) in [5.74, 6) is 0.622. The van der Waals surface area contributed by atoms with Crippen LogP contribution in [0, 0.1) is 0 Å². The molecule has 2 aromatic rings. The highest BCUT2D eigenvalue weighted by molar-refractivity contribution is 6.30. The van der Waals surface area contributed by atoms with Crippen LogP contribution in [-0.2, 0) is 6.42 Å². The average molecular weight is 257 g/mol. The number of nitrogens with zero attached hydrogens (tertiary/aromatic N) is 1. The molecule has 3 heteroatoms. The summed E-state index contributed by atoms with van der Waals surface area (Å²) in [6, 6.07) is 16.1. The summed E-state index contributed by atoms with van der Waals surface area (Å²) in [5.41, 5.74) is 9.49. The number of rotatable bonds is 1. The van der Waals surface area contributed by atoms with Gasteiger partial charge < -0.3 is 5.73 Å². The molecule has 90 valence electrons. The van der Waals surface area contributed by atoms with Crippen LogP contribution < -0.4 is 5.73 Å². The highest BCUT2D eigenvalue weighted by Crippen LogP contribution is 2.29. The second kappa shape index (κ2) is 4.46. The normalized spacial score (nSPS) is 18.1. The lowest BCUT2D eigenvalue weighted by Gasteiger charge is -2.21. The lowest BCUT2D eigenvalue weighted by Crippen LogP contribution is -2.22. The molecule has 0 amide bonds. The van der Waals surface area contributed by atoms with Crippen molar-refractivity contribution in [2.75, 3.05) is 0 Å². The summed E-state index contributed by atoms with van der Waals surface area (Å²) >= 11 is 5.90. The zero-order chi connectivity index (χ0) is 12.5. The Kier molecular flexibility index (Phi) is 2.80. The van der Waals surface area contributed by atoms with Gasteiger partial charge in [-0.3, -0.25) is 4.99 Å². The fraction of sp³-hybridized carbons (Fsp3) is 0.133. The van der Waals surface area contributed by atoms with Crippen LogP contribution in [0.15, 0.2) is 53.5 Å². The fourth-order valence-electron chi connectivity index (χ4n) is 2.32. The zero-order valence-corrected chi connectivity index (χ0v) is 10.6. The van der Waals surface area contributed by atoms with Gasteiger partial charge in [0.1, 0.15) is 5.84 Å². The van der Waals surface area contributed by atoms with Crippen molar-refractivity contribution in [2.45, 2.75) is 12.5 Å². The van der Waals surface area contributed by atoms with Gasteiger partial charge in [-0.05, 0) is 29.7 Å². The molecule has 1 aliphatic heterocycles. The molecule has 1 atom stereocenters. The van der Waals surface area contributed by atoms with Crippen molar-refractivity contribution < 1.29 is 0 Å². The topological polar surface area (TPSA) is 38.4 Å². The van der Waals surface area contributed by atoms with Crippen LogP contribution >= 0.6 is 11.6 Å². The molecule has 0 saturated carbocycles. The maximum Gasteiger partial charge on any atom is 0.126 e. The van der Waals surface area contributed by atoms with Crippen molar-refractivity contribution in [2.24, 2.45) is 10.7 Å². The summed E-state index contributed by atoms with van der Waals surface area (Å²) in [5, 5.41) is 0.743. The number of nitrogens with two attached hydrogens (primary N) is 1. The van der Waals surface area contributed by atoms with Crippen LogP contribution in [0.3, 0.4) is 0 Å². The first-order chi connectivity index (χ1) is 8.74. The largest absolute Gasteiger partial charge is 0.383 e. The lowest BCUT2D eigenvalue weighted by molar-refractivity contribution is 0.710. The van der Waals surface area contributed by atoms with Gasteiger partial charge in [0.15, 0.2) is 0 Å². The predicted octanol–water partition coefficient (Wildman–Crippen LogP) is 3.34. The van der Waals surface area contributed by atoms with E-state index >= 15 is 0 Å². The molecule has 1 heterocycles. The number of aliphatic imine (C=N–C) groups is 1. The van der Waals surface area contributed by atoms with Gasteiger partial charge in [-0.1, -0.05) is 48.0 Å². The Balaban J connectivity index is 1.99. The second-order valence-electron chi connectivity index (χ2n) is 4.44. The Morgan fingerprint density at radius 2 is 1.78 bits per heavy atom. The van der Waals surface area contributed by atoms with E-state index in [0.717, 1.165) is 22.6 Å². The minimum absolute atomic E-state index is 0.0946. The maximum atomic E-state index is 6.03. The molecule has 0 fully saturated rings. The van der Waals surface area contributed by atoms with E-state index in [-0.39, 0.29) is 6.04 Å². The van der Waals surface area contributed by atoms with Crippen LogP contribution in [0.4, 0.5) is 0 Å². The molecule has 0 spiro atoms. The molecular weight excluding hydrogens is 244 g/mol. The number of hydrogen-bond acceptors (Lipinski definition) is 2. The Bertz CT molecular complexity index is 602. The third-order valence-electron chi connectivity index (χ3n) is 3.26. The highest BCUT2D eigenvalue weighted by atomic mass is 35.5. The van der Waals surface area contributed by atoms with Crippen molar-refractivity contribution in [1.82, 2.24) is 0 Å². The number of hydrogen-bond donors (Lipinski definition) is 1. The number of fused-ring (bicyclic) bond motifs is 1. The molecule has 0 saturated heterocycles. The minimum atomic E-state index is 0.0946. The molecule has 2 aromatic carbocycles. The van der Waals surface area contributed by atoms with Gasteiger partial charge in [0.2, 0.25) is 0 Å². The Morgan fingerprint density at radius 3 is 2.56 bits per heavy atom. The Labute approximate surface area is 111 Å². The maximum absolute atomic E-state index is 6.03. The molecule has 0 radical (unpaired) electrons. The molecule has 1 unspecified atom stereocenters. The van der Waals surface area contributed by atoms with Gasteiger partial charge in [0.05, 0.1) is 6.04 Å². The molecule has 2 nitrogen and oxygen atoms in total. The quantitative estimate of drug-likeness (QED) is 0.835. The SMILES string of the molecule is NC1=NC(c2ccc(Cl)cc2)Cc2ccccc21. The van der Waals surface area contributed by atoms with E-state index in [1.165, 1.54) is 5.56 Å². The lowest BCUT2D eigenvalue weighted by atomic mass is 9.93. The van der Waals surface area contributed by atoms with E-state index in [4.69, 9.17) is 17.3 Å². The molecule has 1 aliphatic rings. The van der Waals surface area contributed by atoms with Crippen LogP contribution in [0.5, 0.6) is 0 Å². The van der Waals surface area contributed by atoms with E-state index in [1.54, 1.807) is 0 Å². The first kappa shape index (κ1) is 11.3. The van der Waals surface area contributed by atoms with Gasteiger partial charge in [0, 0.05) is 10.6 Å². The molecular formula is C15H13ClN2. The van der Waals surface area contributed by atoms with Gasteiger partial charge in [-0.15, -0.1) is 0 Å². The molecule has 2 N–H and O–H groups in total. The van der Waals surface area contributed by atoms with E-state index in [2.05, 4.69) is 11.1 Å². The number of halogens is 1. The smallest absolute Gasteiger partial charge is 0.126 e. The van der Waals surface area contributed by atoms with Crippen molar-refractivity contribution >= 4 is 17.4 Å². The Morgan fingerprint density at radius 1 is 1.06 bits per heavy atom. The average Bonchev–Trinajstić information content (AvgIpc) is 2.39. The van der Waals surface area contributed by atoms with Crippen molar-refractivity contribution in [3.05, 3.63) is 70.2 Å². The molecule has 0 aromatic heterocycles. The summed E-state index contributed by atoms with van der Waals surface area (Å²) in [6.45, 7) is 0. The summed E-state index contributed by atoms with van der Waals surface area (Å²) in [7, 11) is 0. The van der Waals surface area contributed by atoms with Gasteiger partial charge in [-0.25, -0.2) is 0 Å². The predicted molar refractivity (Wildman–Crippen MR) is 75.1 cm³/mol. The Hall–Kier alpha value is -1.80. The molecule has 3 rings (SSSR count). The summed E-state index contributed by atoms with van der Waals surface area (Å²) < 4.78 is 0. The van der Waals surface area contributed by atoms with E-state index in [9.17, 15) is 0 Å². The molecule has 0 aliphatic carbocycles. The number of amidine groups is 1. The van der Waals surface area contributed by atoms with Crippen molar-refractivity contribution in [3.8, 4) is 0 Å². The first-order valence-electron chi connectivity index (χ1n) is 5.91. The van der Waals surface area contributed by atoms with Crippen LogP contribution in [0.25, 0.3) is 0 Å². The van der Waals surface area contributed by atoms with Gasteiger partial charge in [-0.2, -0.15) is 0 Å². The number of benzene rings is 2. The summed E-state index contributed by atoms with van der Waals surface area (Å²) in [6.07, 6.45) is 0.887.